The minimum absolute atomic E-state index is 0.112. The topological polar surface area (TPSA) is 102 Å². The fourth-order valence-corrected chi connectivity index (χ4v) is 3.55. The molecule has 0 bridgehead atoms. The van der Waals surface area contributed by atoms with Crippen LogP contribution in [0.2, 0.25) is 0 Å². The van der Waals surface area contributed by atoms with Crippen LogP contribution in [0.25, 0.3) is 0 Å². The molecule has 1 fully saturated rings. The lowest BCUT2D eigenvalue weighted by molar-refractivity contribution is -0.384. The summed E-state index contributed by atoms with van der Waals surface area (Å²) in [5.74, 6) is 0.321. The number of thioether (sulfide) groups is 1. The molecule has 0 unspecified atom stereocenters. The average molecular weight is 399 g/mol. The minimum Gasteiger partial charge on any atom is -0.409 e. The van der Waals surface area contributed by atoms with E-state index in [0.29, 0.717) is 5.69 Å². The van der Waals surface area contributed by atoms with E-state index in [4.69, 9.17) is 4.74 Å². The lowest BCUT2D eigenvalue weighted by Crippen LogP contribution is -2.31. The van der Waals surface area contributed by atoms with Gasteiger partial charge in [0, 0.05) is 12.1 Å². The third-order valence-corrected chi connectivity index (χ3v) is 4.93. The first-order valence-electron chi connectivity index (χ1n) is 8.46. The van der Waals surface area contributed by atoms with Crippen LogP contribution in [0, 0.1) is 10.1 Å². The van der Waals surface area contributed by atoms with E-state index >= 15 is 0 Å². The van der Waals surface area contributed by atoms with Crippen molar-refractivity contribution in [1.29, 1.82) is 0 Å². The molecule has 1 aliphatic rings. The molecule has 0 aromatic heterocycles. The van der Waals surface area contributed by atoms with Crippen LogP contribution in [-0.2, 0) is 4.79 Å². The van der Waals surface area contributed by atoms with Gasteiger partial charge in [-0.3, -0.25) is 19.8 Å². The van der Waals surface area contributed by atoms with Crippen molar-refractivity contribution in [2.75, 3.05) is 10.7 Å². The predicted octanol–water partition coefficient (Wildman–Crippen LogP) is 4.35. The number of amides is 2. The van der Waals surface area contributed by atoms with Gasteiger partial charge in [0.25, 0.3) is 5.69 Å². The summed E-state index contributed by atoms with van der Waals surface area (Å²) in [6.07, 6.45) is -0.905. The van der Waals surface area contributed by atoms with Gasteiger partial charge in [-0.25, -0.2) is 4.79 Å². The molecule has 144 valence electrons. The van der Waals surface area contributed by atoms with Gasteiger partial charge in [-0.1, -0.05) is 43.8 Å². The largest absolute Gasteiger partial charge is 0.441 e. The summed E-state index contributed by atoms with van der Waals surface area (Å²) in [7, 11) is 0. The SMILES string of the molecule is CC(C)c1ccccc1N1C(=O)CSC1=NC(=O)Oc1ccc([N+](=O)[O-])cc1. The number of hydrogen-bond donors (Lipinski definition) is 0. The van der Waals surface area contributed by atoms with Crippen LogP contribution in [0.1, 0.15) is 25.3 Å². The van der Waals surface area contributed by atoms with E-state index in [1.807, 2.05) is 38.1 Å². The molecule has 1 heterocycles. The number of carbonyl (C=O) groups is 2. The summed E-state index contributed by atoms with van der Waals surface area (Å²) in [6.45, 7) is 4.04. The zero-order valence-corrected chi connectivity index (χ0v) is 16.0. The fraction of sp³-hybridized carbons (Fsp3) is 0.211. The van der Waals surface area contributed by atoms with E-state index in [1.165, 1.54) is 29.2 Å². The molecule has 0 spiro atoms. The second kappa shape index (κ2) is 8.22. The van der Waals surface area contributed by atoms with Gasteiger partial charge in [0.1, 0.15) is 5.75 Å². The molecule has 2 aromatic rings. The van der Waals surface area contributed by atoms with Gasteiger partial charge < -0.3 is 4.74 Å². The van der Waals surface area contributed by atoms with Gasteiger partial charge >= 0.3 is 6.09 Å². The zero-order valence-electron chi connectivity index (χ0n) is 15.2. The number of non-ortho nitro benzene ring substituents is 1. The molecule has 1 aliphatic heterocycles. The Kier molecular flexibility index (Phi) is 5.74. The van der Waals surface area contributed by atoms with Gasteiger partial charge in [0.05, 0.1) is 16.4 Å². The van der Waals surface area contributed by atoms with Crippen molar-refractivity contribution in [3.63, 3.8) is 0 Å². The van der Waals surface area contributed by atoms with Crippen molar-refractivity contribution in [3.8, 4) is 5.75 Å². The molecule has 28 heavy (non-hydrogen) atoms. The third kappa shape index (κ3) is 4.20. The van der Waals surface area contributed by atoms with Gasteiger partial charge in [0.15, 0.2) is 5.17 Å². The third-order valence-electron chi connectivity index (χ3n) is 4.00. The summed E-state index contributed by atoms with van der Waals surface area (Å²) in [5.41, 5.74) is 1.55. The number of para-hydroxylation sites is 1. The second-order valence-electron chi connectivity index (χ2n) is 6.24. The Morgan fingerprint density at radius 1 is 1.21 bits per heavy atom. The highest BCUT2D eigenvalue weighted by atomic mass is 32.2. The van der Waals surface area contributed by atoms with E-state index in [2.05, 4.69) is 4.99 Å². The van der Waals surface area contributed by atoms with Crippen molar-refractivity contribution in [3.05, 3.63) is 64.2 Å². The molecule has 3 rings (SSSR count). The maximum absolute atomic E-state index is 12.4. The smallest absolute Gasteiger partial charge is 0.409 e. The fourth-order valence-electron chi connectivity index (χ4n) is 2.70. The maximum atomic E-state index is 12.4. The summed E-state index contributed by atoms with van der Waals surface area (Å²) in [4.78, 5) is 40.1. The first-order valence-corrected chi connectivity index (χ1v) is 9.45. The zero-order chi connectivity index (χ0) is 20.3. The monoisotopic (exact) mass is 399 g/mol. The highest BCUT2D eigenvalue weighted by Crippen LogP contribution is 2.33. The summed E-state index contributed by atoms with van der Waals surface area (Å²) >= 11 is 1.16. The Balaban J connectivity index is 1.83. The van der Waals surface area contributed by atoms with Crippen LogP contribution < -0.4 is 9.64 Å². The highest BCUT2D eigenvalue weighted by molar-refractivity contribution is 8.15. The van der Waals surface area contributed by atoms with Gasteiger partial charge in [-0.2, -0.15) is 0 Å². The quantitative estimate of drug-likeness (QED) is 0.559. The van der Waals surface area contributed by atoms with Crippen molar-refractivity contribution < 1.29 is 19.2 Å². The van der Waals surface area contributed by atoms with Crippen LogP contribution in [0.3, 0.4) is 0 Å². The average Bonchev–Trinajstić information content (AvgIpc) is 3.02. The first kappa shape index (κ1) is 19.6. The molecule has 0 N–H and O–H groups in total. The standard InChI is InChI=1S/C19H17N3O5S/c1-12(2)15-5-3-4-6-16(15)21-17(23)11-28-18(21)20-19(24)27-14-9-7-13(8-10-14)22(25)26/h3-10,12H,11H2,1-2H3. The minimum atomic E-state index is -0.905. The Bertz CT molecular complexity index is 956. The van der Waals surface area contributed by atoms with Gasteiger partial charge in [0.2, 0.25) is 5.91 Å². The molecule has 1 saturated heterocycles. The van der Waals surface area contributed by atoms with Crippen molar-refractivity contribution in [2.24, 2.45) is 4.99 Å². The van der Waals surface area contributed by atoms with E-state index in [0.717, 1.165) is 17.3 Å². The number of anilines is 1. The molecule has 9 heteroatoms. The summed E-state index contributed by atoms with van der Waals surface area (Å²) in [6, 6.07) is 12.6. The number of rotatable bonds is 4. The second-order valence-corrected chi connectivity index (χ2v) is 7.19. The number of aliphatic imine (C=N–C) groups is 1. The highest BCUT2D eigenvalue weighted by Gasteiger charge is 2.32. The van der Waals surface area contributed by atoms with Crippen molar-refractivity contribution in [2.45, 2.75) is 19.8 Å². The maximum Gasteiger partial charge on any atom is 0.441 e. The molecule has 8 nitrogen and oxygen atoms in total. The summed E-state index contributed by atoms with van der Waals surface area (Å²) < 4.78 is 5.11. The molecule has 0 radical (unpaired) electrons. The molecule has 0 saturated carbocycles. The Hall–Kier alpha value is -3.20. The molecular weight excluding hydrogens is 382 g/mol. The summed E-state index contributed by atoms with van der Waals surface area (Å²) in [5, 5.41) is 10.9. The number of amidine groups is 1. The van der Waals surface area contributed by atoms with Gasteiger partial charge in [-0.05, 0) is 29.7 Å². The van der Waals surface area contributed by atoms with Gasteiger partial charge in [-0.15, -0.1) is 4.99 Å². The number of nitrogens with zero attached hydrogens (tertiary/aromatic N) is 3. The van der Waals surface area contributed by atoms with E-state index in [9.17, 15) is 19.7 Å². The van der Waals surface area contributed by atoms with E-state index in [-0.39, 0.29) is 34.2 Å². The predicted molar refractivity (Wildman–Crippen MR) is 107 cm³/mol. The number of benzene rings is 2. The van der Waals surface area contributed by atoms with Crippen molar-refractivity contribution >= 4 is 40.3 Å². The lowest BCUT2D eigenvalue weighted by atomic mass is 10.0. The molecule has 2 amide bonds. The van der Waals surface area contributed by atoms with Crippen LogP contribution >= 0.6 is 11.8 Å². The Morgan fingerprint density at radius 2 is 1.89 bits per heavy atom. The van der Waals surface area contributed by atoms with E-state index < -0.39 is 11.0 Å². The number of nitro groups is 1. The lowest BCUT2D eigenvalue weighted by Gasteiger charge is -2.21. The normalized spacial score (nSPS) is 15.3. The first-order chi connectivity index (χ1) is 13.4. The molecule has 0 aliphatic carbocycles. The van der Waals surface area contributed by atoms with E-state index in [1.54, 1.807) is 0 Å². The van der Waals surface area contributed by atoms with Crippen LogP contribution in [-0.4, -0.2) is 27.8 Å². The number of carbonyl (C=O) groups excluding carboxylic acids is 2. The number of ether oxygens (including phenoxy) is 1. The Labute approximate surface area is 165 Å². The van der Waals surface area contributed by atoms with Crippen LogP contribution in [0.4, 0.5) is 16.2 Å². The Morgan fingerprint density at radius 3 is 2.54 bits per heavy atom. The molecular formula is C19H17N3O5S. The molecule has 2 aromatic carbocycles. The number of hydrogen-bond acceptors (Lipinski definition) is 6. The van der Waals surface area contributed by atoms with Crippen molar-refractivity contribution in [1.82, 2.24) is 0 Å². The molecule has 0 atom stereocenters. The van der Waals surface area contributed by atoms with Crippen LogP contribution in [0.15, 0.2) is 53.5 Å². The van der Waals surface area contributed by atoms with Crippen LogP contribution in [0.5, 0.6) is 5.75 Å². The number of nitro benzene ring substituents is 1.